The standard InChI is InChI=1S/C30H30N2O4S2/c1-38(34,35)32(28-14-8-9-15-29(28)37-27-12-6-3-7-13-27)22-24-16-18-26(19-17-24)30(33)31-20-21-36-23-25-10-4-2-5-11-25/h2-19H,20-23H2,1H3,(H,31,33). The van der Waals surface area contributed by atoms with Gasteiger partial charge in [-0.1, -0.05) is 84.6 Å². The van der Waals surface area contributed by atoms with Crippen molar-refractivity contribution >= 4 is 33.4 Å². The van der Waals surface area contributed by atoms with Gasteiger partial charge in [0, 0.05) is 21.9 Å². The second-order valence-electron chi connectivity index (χ2n) is 8.64. The molecule has 0 saturated heterocycles. The molecule has 1 amide bonds. The highest BCUT2D eigenvalue weighted by atomic mass is 32.2. The highest BCUT2D eigenvalue weighted by Crippen LogP contribution is 2.36. The van der Waals surface area contributed by atoms with E-state index in [0.29, 0.717) is 31.0 Å². The Labute approximate surface area is 228 Å². The Morgan fingerprint density at radius 2 is 1.45 bits per heavy atom. The van der Waals surface area contributed by atoms with Crippen molar-refractivity contribution < 1.29 is 17.9 Å². The molecule has 1 N–H and O–H groups in total. The summed E-state index contributed by atoms with van der Waals surface area (Å²) in [5, 5.41) is 2.85. The zero-order valence-corrected chi connectivity index (χ0v) is 22.8. The van der Waals surface area contributed by atoms with Crippen molar-refractivity contribution in [2.45, 2.75) is 22.9 Å². The highest BCUT2D eigenvalue weighted by molar-refractivity contribution is 7.99. The van der Waals surface area contributed by atoms with Crippen molar-refractivity contribution in [3.63, 3.8) is 0 Å². The number of amides is 1. The lowest BCUT2D eigenvalue weighted by atomic mass is 10.1. The van der Waals surface area contributed by atoms with Crippen LogP contribution < -0.4 is 9.62 Å². The van der Waals surface area contributed by atoms with E-state index in [-0.39, 0.29) is 12.5 Å². The van der Waals surface area contributed by atoms with Crippen LogP contribution in [0, 0.1) is 0 Å². The van der Waals surface area contributed by atoms with Crippen LogP contribution in [-0.2, 0) is 27.9 Å². The van der Waals surface area contributed by atoms with Crippen LogP contribution in [0.5, 0.6) is 0 Å². The quantitative estimate of drug-likeness (QED) is 0.229. The molecule has 0 fully saturated rings. The largest absolute Gasteiger partial charge is 0.375 e. The Balaban J connectivity index is 1.38. The first-order valence-electron chi connectivity index (χ1n) is 12.2. The van der Waals surface area contributed by atoms with Gasteiger partial charge in [-0.25, -0.2) is 8.42 Å². The van der Waals surface area contributed by atoms with E-state index < -0.39 is 10.0 Å². The second kappa shape index (κ2) is 13.3. The molecule has 0 radical (unpaired) electrons. The molecule has 0 aromatic heterocycles. The summed E-state index contributed by atoms with van der Waals surface area (Å²) in [7, 11) is -3.57. The van der Waals surface area contributed by atoms with Crippen molar-refractivity contribution in [1.82, 2.24) is 5.32 Å². The Kier molecular flexibility index (Phi) is 9.59. The van der Waals surface area contributed by atoms with Gasteiger partial charge in [-0.15, -0.1) is 0 Å². The van der Waals surface area contributed by atoms with E-state index in [4.69, 9.17) is 4.74 Å². The number of benzene rings is 4. The van der Waals surface area contributed by atoms with Crippen molar-refractivity contribution in [3.05, 3.63) is 126 Å². The third-order valence-electron chi connectivity index (χ3n) is 5.69. The summed E-state index contributed by atoms with van der Waals surface area (Å²) in [6.07, 6.45) is 1.21. The molecular formula is C30H30N2O4S2. The summed E-state index contributed by atoms with van der Waals surface area (Å²) in [4.78, 5) is 14.4. The first-order chi connectivity index (χ1) is 18.4. The maximum atomic E-state index is 12.8. The van der Waals surface area contributed by atoms with Gasteiger partial charge in [0.2, 0.25) is 10.0 Å². The number of ether oxygens (including phenoxy) is 1. The molecule has 0 spiro atoms. The van der Waals surface area contributed by atoms with E-state index in [2.05, 4.69) is 5.32 Å². The number of para-hydroxylation sites is 1. The van der Waals surface area contributed by atoms with Crippen molar-refractivity contribution in [1.29, 1.82) is 0 Å². The lowest BCUT2D eigenvalue weighted by Crippen LogP contribution is -2.30. The summed E-state index contributed by atoms with van der Waals surface area (Å²) in [6.45, 7) is 1.45. The van der Waals surface area contributed by atoms with E-state index in [1.54, 1.807) is 24.3 Å². The molecule has 0 unspecified atom stereocenters. The van der Waals surface area contributed by atoms with Gasteiger partial charge in [-0.05, 0) is 47.5 Å². The van der Waals surface area contributed by atoms with Gasteiger partial charge in [0.25, 0.3) is 5.91 Å². The number of sulfonamides is 1. The maximum Gasteiger partial charge on any atom is 0.251 e. The molecule has 0 aliphatic rings. The summed E-state index contributed by atoms with van der Waals surface area (Å²) >= 11 is 1.52. The smallest absolute Gasteiger partial charge is 0.251 e. The highest BCUT2D eigenvalue weighted by Gasteiger charge is 2.21. The zero-order chi connectivity index (χ0) is 26.8. The van der Waals surface area contributed by atoms with E-state index in [0.717, 1.165) is 20.9 Å². The lowest BCUT2D eigenvalue weighted by molar-refractivity contribution is 0.0901. The lowest BCUT2D eigenvalue weighted by Gasteiger charge is -2.25. The van der Waals surface area contributed by atoms with Crippen LogP contribution in [-0.4, -0.2) is 33.7 Å². The average molecular weight is 547 g/mol. The summed E-state index contributed by atoms with van der Waals surface area (Å²) in [5.74, 6) is -0.204. The molecule has 0 aliphatic carbocycles. The van der Waals surface area contributed by atoms with Crippen molar-refractivity contribution in [2.24, 2.45) is 0 Å². The van der Waals surface area contributed by atoms with E-state index >= 15 is 0 Å². The summed E-state index contributed by atoms with van der Waals surface area (Å²) < 4.78 is 32.6. The Morgan fingerprint density at radius 3 is 2.13 bits per heavy atom. The number of carbonyl (C=O) groups excluding carboxylic acids is 1. The molecule has 196 valence electrons. The fourth-order valence-corrected chi connectivity index (χ4v) is 5.71. The molecule has 8 heteroatoms. The van der Waals surface area contributed by atoms with E-state index in [9.17, 15) is 13.2 Å². The molecule has 6 nitrogen and oxygen atoms in total. The number of anilines is 1. The first-order valence-corrected chi connectivity index (χ1v) is 14.8. The Morgan fingerprint density at radius 1 is 0.816 bits per heavy atom. The molecule has 0 aliphatic heterocycles. The number of rotatable bonds is 12. The van der Waals surface area contributed by atoms with Crippen LogP contribution in [0.3, 0.4) is 0 Å². The monoisotopic (exact) mass is 546 g/mol. The number of hydrogen-bond acceptors (Lipinski definition) is 5. The van der Waals surface area contributed by atoms with E-state index in [1.807, 2.05) is 84.9 Å². The van der Waals surface area contributed by atoms with Gasteiger partial charge in [0.05, 0.1) is 31.7 Å². The minimum Gasteiger partial charge on any atom is -0.375 e. The van der Waals surface area contributed by atoms with Gasteiger partial charge in [-0.2, -0.15) is 0 Å². The van der Waals surface area contributed by atoms with Gasteiger partial charge in [0.1, 0.15) is 0 Å². The topological polar surface area (TPSA) is 75.7 Å². The molecular weight excluding hydrogens is 516 g/mol. The molecule has 4 aromatic rings. The van der Waals surface area contributed by atoms with Gasteiger partial charge < -0.3 is 10.1 Å². The van der Waals surface area contributed by atoms with Crippen LogP contribution in [0.2, 0.25) is 0 Å². The summed E-state index contributed by atoms with van der Waals surface area (Å²) in [6, 6.07) is 34.1. The number of nitrogens with one attached hydrogen (secondary N) is 1. The van der Waals surface area contributed by atoms with Gasteiger partial charge in [0.15, 0.2) is 0 Å². The predicted octanol–water partition coefficient (Wildman–Crippen LogP) is 5.75. The molecule has 0 saturated carbocycles. The normalized spacial score (nSPS) is 11.2. The number of carbonyl (C=O) groups is 1. The molecule has 0 bridgehead atoms. The molecule has 38 heavy (non-hydrogen) atoms. The molecule has 4 rings (SSSR count). The van der Waals surface area contributed by atoms with Crippen molar-refractivity contribution in [3.8, 4) is 0 Å². The van der Waals surface area contributed by atoms with Gasteiger partial charge in [-0.3, -0.25) is 9.10 Å². The van der Waals surface area contributed by atoms with Crippen LogP contribution in [0.25, 0.3) is 0 Å². The third-order valence-corrected chi connectivity index (χ3v) is 7.89. The SMILES string of the molecule is CS(=O)(=O)N(Cc1ccc(C(=O)NCCOCc2ccccc2)cc1)c1ccccc1Sc1ccccc1. The fourth-order valence-electron chi connectivity index (χ4n) is 3.78. The first kappa shape index (κ1) is 27.4. The predicted molar refractivity (Wildman–Crippen MR) is 153 cm³/mol. The van der Waals surface area contributed by atoms with Crippen LogP contribution in [0.1, 0.15) is 21.5 Å². The molecule has 0 atom stereocenters. The van der Waals surface area contributed by atoms with Crippen LogP contribution >= 0.6 is 11.8 Å². The van der Waals surface area contributed by atoms with E-state index in [1.165, 1.54) is 22.3 Å². The molecule has 0 heterocycles. The van der Waals surface area contributed by atoms with Gasteiger partial charge >= 0.3 is 0 Å². The maximum absolute atomic E-state index is 12.8. The minimum absolute atomic E-state index is 0.153. The average Bonchev–Trinajstić information content (AvgIpc) is 2.93. The summed E-state index contributed by atoms with van der Waals surface area (Å²) in [5.41, 5.74) is 2.97. The van der Waals surface area contributed by atoms with Crippen LogP contribution in [0.4, 0.5) is 5.69 Å². The van der Waals surface area contributed by atoms with Crippen molar-refractivity contribution in [2.75, 3.05) is 23.7 Å². The zero-order valence-electron chi connectivity index (χ0n) is 21.1. The number of nitrogens with zero attached hydrogens (tertiary/aromatic N) is 1. The van der Waals surface area contributed by atoms with Crippen LogP contribution in [0.15, 0.2) is 119 Å². The number of hydrogen-bond donors (Lipinski definition) is 1. The third kappa shape index (κ3) is 7.95. The Hall–Kier alpha value is -3.59. The molecule has 4 aromatic carbocycles. The second-order valence-corrected chi connectivity index (χ2v) is 11.7. The fraction of sp³-hybridized carbons (Fsp3) is 0.167. The minimum atomic E-state index is -3.57. The Bertz CT molecular complexity index is 1430.